The van der Waals surface area contributed by atoms with Gasteiger partial charge in [0.1, 0.15) is 6.04 Å². The predicted molar refractivity (Wildman–Crippen MR) is 106 cm³/mol. The van der Waals surface area contributed by atoms with Crippen LogP contribution in [0.3, 0.4) is 0 Å². The van der Waals surface area contributed by atoms with Gasteiger partial charge in [-0.3, -0.25) is 14.5 Å². The average molecular weight is 389 g/mol. The van der Waals surface area contributed by atoms with Crippen LogP contribution in [0, 0.1) is 17.8 Å². The van der Waals surface area contributed by atoms with Gasteiger partial charge in [0.15, 0.2) is 0 Å². The van der Waals surface area contributed by atoms with Crippen LogP contribution in [0.15, 0.2) is 48.5 Å². The lowest BCUT2D eigenvalue weighted by Gasteiger charge is -2.45. The molecule has 0 unspecified atom stereocenters. The third kappa shape index (κ3) is 2.36. The number of hydrogen-bond acceptors (Lipinski definition) is 3. The number of hydrogen-bond donors (Lipinski definition) is 1. The van der Waals surface area contributed by atoms with E-state index in [2.05, 4.69) is 0 Å². The summed E-state index contributed by atoms with van der Waals surface area (Å²) in [5.74, 6) is -3.15. The van der Waals surface area contributed by atoms with Crippen molar-refractivity contribution in [1.82, 2.24) is 4.90 Å². The molecule has 0 aromatic heterocycles. The highest BCUT2D eigenvalue weighted by atomic mass is 16.4. The smallest absolute Gasteiger partial charge is 0.326 e. The average Bonchev–Trinajstić information content (AvgIpc) is 2.97. The van der Waals surface area contributed by atoms with Crippen LogP contribution in [-0.4, -0.2) is 33.8 Å². The third-order valence-electron chi connectivity index (χ3n) is 6.77. The molecule has 1 fully saturated rings. The monoisotopic (exact) mass is 389 g/mol. The van der Waals surface area contributed by atoms with Crippen LogP contribution < -0.4 is 0 Å². The fraction of sp³-hybridized carbons (Fsp3) is 0.375. The Morgan fingerprint density at radius 1 is 0.862 bits per heavy atom. The molecule has 148 valence electrons. The van der Waals surface area contributed by atoms with Gasteiger partial charge in [-0.15, -0.1) is 0 Å². The van der Waals surface area contributed by atoms with Gasteiger partial charge < -0.3 is 5.11 Å². The summed E-state index contributed by atoms with van der Waals surface area (Å²) in [6, 6.07) is 14.9. The highest BCUT2D eigenvalue weighted by Gasteiger charge is 2.63. The van der Waals surface area contributed by atoms with E-state index in [1.807, 2.05) is 62.4 Å². The Kier molecular flexibility index (Phi) is 3.92. The summed E-state index contributed by atoms with van der Waals surface area (Å²) in [5.41, 5.74) is 4.37. The van der Waals surface area contributed by atoms with Gasteiger partial charge in [-0.05, 0) is 34.6 Å². The summed E-state index contributed by atoms with van der Waals surface area (Å²) < 4.78 is 0. The summed E-state index contributed by atoms with van der Waals surface area (Å²) in [6.07, 6.45) is 0.265. The third-order valence-corrected chi connectivity index (χ3v) is 6.77. The fourth-order valence-electron chi connectivity index (χ4n) is 5.77. The molecule has 2 amide bonds. The summed E-state index contributed by atoms with van der Waals surface area (Å²) in [7, 11) is 0. The van der Waals surface area contributed by atoms with Crippen molar-refractivity contribution in [3.8, 4) is 0 Å². The molecule has 1 aliphatic heterocycles. The first-order valence-corrected chi connectivity index (χ1v) is 10.2. The van der Waals surface area contributed by atoms with Crippen molar-refractivity contribution in [2.24, 2.45) is 17.8 Å². The van der Waals surface area contributed by atoms with Crippen molar-refractivity contribution >= 4 is 17.8 Å². The van der Waals surface area contributed by atoms with Crippen LogP contribution in [0.25, 0.3) is 0 Å². The molecule has 29 heavy (non-hydrogen) atoms. The van der Waals surface area contributed by atoms with Crippen LogP contribution >= 0.6 is 0 Å². The number of carbonyl (C=O) groups excluding carboxylic acids is 2. The van der Waals surface area contributed by atoms with E-state index in [9.17, 15) is 19.5 Å². The quantitative estimate of drug-likeness (QED) is 0.814. The van der Waals surface area contributed by atoms with Gasteiger partial charge in [0, 0.05) is 11.8 Å². The minimum atomic E-state index is -1.11. The molecule has 1 saturated heterocycles. The molecule has 6 rings (SSSR count). The largest absolute Gasteiger partial charge is 0.480 e. The highest BCUT2D eigenvalue weighted by molar-refractivity contribution is 6.10. The summed E-state index contributed by atoms with van der Waals surface area (Å²) in [6.45, 7) is 3.81. The first-order chi connectivity index (χ1) is 13.9. The molecule has 1 N–H and O–H groups in total. The van der Waals surface area contributed by atoms with E-state index in [0.29, 0.717) is 0 Å². The van der Waals surface area contributed by atoms with Crippen LogP contribution in [0.4, 0.5) is 0 Å². The predicted octanol–water partition coefficient (Wildman–Crippen LogP) is 3.38. The Hall–Kier alpha value is -2.95. The maximum atomic E-state index is 13.5. The van der Waals surface area contributed by atoms with Gasteiger partial charge in [0.2, 0.25) is 11.8 Å². The van der Waals surface area contributed by atoms with Crippen molar-refractivity contribution in [3.63, 3.8) is 0 Å². The lowest BCUT2D eigenvalue weighted by molar-refractivity contribution is -0.155. The van der Waals surface area contributed by atoms with Crippen molar-refractivity contribution in [2.45, 2.75) is 38.1 Å². The van der Waals surface area contributed by atoms with E-state index in [4.69, 9.17) is 0 Å². The van der Waals surface area contributed by atoms with Crippen LogP contribution in [0.2, 0.25) is 0 Å². The number of carbonyl (C=O) groups is 3. The number of rotatable bonds is 4. The number of aliphatic carboxylic acids is 1. The first kappa shape index (κ1) is 18.1. The second kappa shape index (κ2) is 6.28. The van der Waals surface area contributed by atoms with Crippen molar-refractivity contribution in [2.75, 3.05) is 0 Å². The van der Waals surface area contributed by atoms with Crippen molar-refractivity contribution in [1.29, 1.82) is 0 Å². The minimum absolute atomic E-state index is 0.0606. The lowest BCUT2D eigenvalue weighted by Crippen LogP contribution is -2.46. The van der Waals surface area contributed by atoms with Crippen LogP contribution in [0.5, 0.6) is 0 Å². The highest BCUT2D eigenvalue weighted by Crippen LogP contribution is 2.61. The normalized spacial score (nSPS) is 27.6. The number of carboxylic acids is 1. The van der Waals surface area contributed by atoms with E-state index < -0.39 is 23.8 Å². The topological polar surface area (TPSA) is 74.7 Å². The summed E-state index contributed by atoms with van der Waals surface area (Å²) in [4.78, 5) is 40.1. The molecule has 3 atom stereocenters. The number of imide groups is 1. The van der Waals surface area contributed by atoms with E-state index in [0.717, 1.165) is 27.2 Å². The molecule has 3 aliphatic carbocycles. The Labute approximate surface area is 169 Å². The van der Waals surface area contributed by atoms with Crippen molar-refractivity contribution in [3.05, 3.63) is 70.8 Å². The van der Waals surface area contributed by atoms with Gasteiger partial charge in [-0.1, -0.05) is 62.4 Å². The number of amides is 2. The molecule has 5 nitrogen and oxygen atoms in total. The van der Waals surface area contributed by atoms with Gasteiger partial charge in [-0.25, -0.2) is 4.79 Å². The zero-order chi connectivity index (χ0) is 20.4. The van der Waals surface area contributed by atoms with E-state index >= 15 is 0 Å². The summed E-state index contributed by atoms with van der Waals surface area (Å²) in [5, 5.41) is 9.80. The number of likely N-dealkylation sites (tertiary alicyclic amines) is 1. The van der Waals surface area contributed by atoms with E-state index in [-0.39, 0.29) is 36.0 Å². The summed E-state index contributed by atoms with van der Waals surface area (Å²) >= 11 is 0. The van der Waals surface area contributed by atoms with Gasteiger partial charge in [-0.2, -0.15) is 0 Å². The maximum Gasteiger partial charge on any atom is 0.326 e. The van der Waals surface area contributed by atoms with E-state index in [1.54, 1.807) is 0 Å². The van der Waals surface area contributed by atoms with Gasteiger partial charge in [0.25, 0.3) is 0 Å². The second-order valence-electron chi connectivity index (χ2n) is 8.79. The fourth-order valence-corrected chi connectivity index (χ4v) is 5.77. The number of carboxylic acid groups (broad SMARTS) is 1. The molecule has 2 bridgehead atoms. The Morgan fingerprint density at radius 2 is 1.24 bits per heavy atom. The molecule has 2 aromatic carbocycles. The molecule has 0 saturated carbocycles. The zero-order valence-corrected chi connectivity index (χ0v) is 16.4. The van der Waals surface area contributed by atoms with Gasteiger partial charge in [0.05, 0.1) is 11.8 Å². The molecule has 0 spiro atoms. The van der Waals surface area contributed by atoms with E-state index in [1.165, 1.54) is 0 Å². The SMILES string of the molecule is CC(C)C[C@H](C(=O)O)N1C(=O)[C@@H]2C3c4ccccc4C(c4ccccc43)[C@H]2C1=O. The lowest BCUT2D eigenvalue weighted by atomic mass is 9.55. The standard InChI is InChI=1S/C24H23NO4/c1-12(2)11-17(24(28)29)25-22(26)20-18-13-7-3-4-8-14(13)19(21(20)23(25)27)16-10-6-5-9-15(16)18/h3-10,12,17-21H,11H2,1-2H3,(H,28,29)/t17-,18?,19?,20-,21-/m1/s1. The Balaban J connectivity index is 1.67. The maximum absolute atomic E-state index is 13.5. The molecule has 4 aliphatic rings. The van der Waals surface area contributed by atoms with Crippen molar-refractivity contribution < 1.29 is 19.5 Å². The Bertz CT molecular complexity index is 927. The number of benzene rings is 2. The van der Waals surface area contributed by atoms with Crippen LogP contribution in [0.1, 0.15) is 54.4 Å². The molecular weight excluding hydrogens is 366 g/mol. The first-order valence-electron chi connectivity index (χ1n) is 10.2. The molecule has 5 heteroatoms. The molecular formula is C24H23NO4. The molecule has 2 aromatic rings. The Morgan fingerprint density at radius 3 is 1.55 bits per heavy atom. The minimum Gasteiger partial charge on any atom is -0.480 e. The van der Waals surface area contributed by atoms with Gasteiger partial charge >= 0.3 is 5.97 Å². The molecule has 0 radical (unpaired) electrons. The number of nitrogens with zero attached hydrogens (tertiary/aromatic N) is 1. The zero-order valence-electron chi connectivity index (χ0n) is 16.4. The van der Waals surface area contributed by atoms with Crippen LogP contribution in [-0.2, 0) is 14.4 Å². The molecule has 1 heterocycles. The second-order valence-corrected chi connectivity index (χ2v) is 8.79.